The van der Waals surface area contributed by atoms with Gasteiger partial charge < -0.3 is 9.84 Å². The lowest BCUT2D eigenvalue weighted by Gasteiger charge is -2.73. The van der Waals surface area contributed by atoms with Crippen molar-refractivity contribution in [3.05, 3.63) is 12.2 Å². The first-order valence-electron chi connectivity index (χ1n) is 14.7. The van der Waals surface area contributed by atoms with Gasteiger partial charge >= 0.3 is 5.97 Å². The SMILES string of the molecule is C=C(C)[C@H]1CC[C@]2(CO)CC[C@]3(C)[C@H](CC[C@@H]4[C@@]5(C)CC[C@H](OC(C)=O)C(C)(C)[C@@H]5CC[C@]43C)[C@@H]12. The Balaban J connectivity index is 1.51. The number of hydrogen-bond acceptors (Lipinski definition) is 3. The Kier molecular flexibility index (Phi) is 5.96. The molecular weight excluding hydrogens is 432 g/mol. The van der Waals surface area contributed by atoms with Gasteiger partial charge in [0.2, 0.25) is 0 Å². The Hall–Kier alpha value is -0.830. The average Bonchev–Trinajstić information content (AvgIpc) is 3.16. The van der Waals surface area contributed by atoms with Crippen molar-refractivity contribution in [2.75, 3.05) is 6.61 Å². The molecule has 0 aromatic rings. The lowest BCUT2D eigenvalue weighted by atomic mass is 9.32. The third-order valence-electron chi connectivity index (χ3n) is 13.8. The Morgan fingerprint density at radius 3 is 2.20 bits per heavy atom. The van der Waals surface area contributed by atoms with Gasteiger partial charge in [-0.1, -0.05) is 46.8 Å². The number of allylic oxidation sites excluding steroid dienone is 1. The van der Waals surface area contributed by atoms with Crippen LogP contribution >= 0.6 is 0 Å². The minimum absolute atomic E-state index is 0.0207. The predicted octanol–water partition coefficient (Wildman–Crippen LogP) is 7.57. The van der Waals surface area contributed by atoms with Crippen LogP contribution in [0.15, 0.2) is 12.2 Å². The summed E-state index contributed by atoms with van der Waals surface area (Å²) in [5.74, 6) is 3.07. The molecule has 0 spiro atoms. The molecule has 0 radical (unpaired) electrons. The molecule has 5 aliphatic rings. The van der Waals surface area contributed by atoms with Crippen LogP contribution in [0, 0.1) is 56.7 Å². The van der Waals surface area contributed by atoms with Gasteiger partial charge in [-0.15, -0.1) is 0 Å². The summed E-state index contributed by atoms with van der Waals surface area (Å²) < 4.78 is 5.90. The number of carbonyl (C=O) groups excluding carboxylic acids is 1. The molecule has 0 unspecified atom stereocenters. The molecule has 5 fully saturated rings. The van der Waals surface area contributed by atoms with Crippen molar-refractivity contribution in [1.82, 2.24) is 0 Å². The fourth-order valence-corrected chi connectivity index (χ4v) is 11.9. The second kappa shape index (κ2) is 8.08. The zero-order valence-corrected chi connectivity index (χ0v) is 23.7. The number of hydrogen-bond donors (Lipinski definition) is 1. The second-order valence-corrected chi connectivity index (χ2v) is 15.2. The molecule has 5 aliphatic carbocycles. The van der Waals surface area contributed by atoms with Gasteiger partial charge in [0, 0.05) is 18.9 Å². The van der Waals surface area contributed by atoms with Crippen LogP contribution in [-0.2, 0) is 9.53 Å². The predicted molar refractivity (Wildman–Crippen MR) is 142 cm³/mol. The van der Waals surface area contributed by atoms with Crippen LogP contribution in [0.3, 0.4) is 0 Å². The number of ether oxygens (including phenoxy) is 1. The fourth-order valence-electron chi connectivity index (χ4n) is 11.9. The molecule has 5 rings (SSSR count). The molecule has 1 N–H and O–H groups in total. The number of aliphatic hydroxyl groups is 1. The summed E-state index contributed by atoms with van der Waals surface area (Å²) >= 11 is 0. The van der Waals surface area contributed by atoms with Crippen LogP contribution in [0.25, 0.3) is 0 Å². The average molecular weight is 485 g/mol. The van der Waals surface area contributed by atoms with Crippen LogP contribution in [0.1, 0.15) is 113 Å². The second-order valence-electron chi connectivity index (χ2n) is 15.2. The third kappa shape index (κ3) is 3.28. The van der Waals surface area contributed by atoms with Gasteiger partial charge in [-0.3, -0.25) is 4.79 Å². The van der Waals surface area contributed by atoms with Crippen molar-refractivity contribution in [1.29, 1.82) is 0 Å². The molecule has 198 valence electrons. The van der Waals surface area contributed by atoms with Gasteiger partial charge in [0.05, 0.1) is 0 Å². The van der Waals surface area contributed by atoms with E-state index >= 15 is 0 Å². The molecule has 35 heavy (non-hydrogen) atoms. The highest BCUT2D eigenvalue weighted by molar-refractivity contribution is 5.66. The van der Waals surface area contributed by atoms with Gasteiger partial charge in [0.25, 0.3) is 0 Å². The number of fused-ring (bicyclic) bond motifs is 7. The van der Waals surface area contributed by atoms with Gasteiger partial charge in [0.1, 0.15) is 6.10 Å². The number of esters is 1. The Labute approximate surface area is 214 Å². The Morgan fingerprint density at radius 1 is 0.857 bits per heavy atom. The first-order chi connectivity index (χ1) is 16.3. The molecule has 0 heterocycles. The summed E-state index contributed by atoms with van der Waals surface area (Å²) in [6.07, 6.45) is 12.2. The topological polar surface area (TPSA) is 46.5 Å². The number of carbonyl (C=O) groups is 1. The van der Waals surface area contributed by atoms with Gasteiger partial charge in [-0.05, 0) is 122 Å². The lowest BCUT2D eigenvalue weighted by molar-refractivity contribution is -0.251. The molecular formula is C32H52O3. The highest BCUT2D eigenvalue weighted by atomic mass is 16.5. The van der Waals surface area contributed by atoms with Crippen LogP contribution in [0.5, 0.6) is 0 Å². The highest BCUT2D eigenvalue weighted by Crippen LogP contribution is 2.77. The van der Waals surface area contributed by atoms with E-state index in [1.807, 2.05) is 0 Å². The van der Waals surface area contributed by atoms with Crippen LogP contribution in [-0.4, -0.2) is 23.8 Å². The van der Waals surface area contributed by atoms with Crippen molar-refractivity contribution >= 4 is 5.97 Å². The molecule has 0 bridgehead atoms. The first-order valence-corrected chi connectivity index (χ1v) is 14.7. The van der Waals surface area contributed by atoms with Gasteiger partial charge in [-0.25, -0.2) is 0 Å². The summed E-state index contributed by atoms with van der Waals surface area (Å²) in [7, 11) is 0. The van der Waals surface area contributed by atoms with Crippen LogP contribution in [0.4, 0.5) is 0 Å². The van der Waals surface area contributed by atoms with E-state index in [1.54, 1.807) is 6.92 Å². The largest absolute Gasteiger partial charge is 0.462 e. The smallest absolute Gasteiger partial charge is 0.302 e. The molecule has 3 heteroatoms. The molecule has 3 nitrogen and oxygen atoms in total. The molecule has 0 saturated heterocycles. The van der Waals surface area contributed by atoms with Crippen LogP contribution < -0.4 is 0 Å². The monoisotopic (exact) mass is 484 g/mol. The van der Waals surface area contributed by atoms with E-state index in [9.17, 15) is 9.90 Å². The number of aliphatic hydroxyl groups excluding tert-OH is 1. The molecule has 0 aliphatic heterocycles. The zero-order chi connectivity index (χ0) is 25.6. The van der Waals surface area contributed by atoms with E-state index in [0.29, 0.717) is 46.5 Å². The van der Waals surface area contributed by atoms with E-state index < -0.39 is 0 Å². The Bertz CT molecular complexity index is 891. The van der Waals surface area contributed by atoms with Crippen molar-refractivity contribution in [2.24, 2.45) is 56.7 Å². The van der Waals surface area contributed by atoms with Gasteiger partial charge in [-0.2, -0.15) is 0 Å². The summed E-state index contributed by atoms with van der Waals surface area (Å²) in [4.78, 5) is 11.9. The minimum atomic E-state index is -0.126. The van der Waals surface area contributed by atoms with E-state index in [4.69, 9.17) is 4.74 Å². The quantitative estimate of drug-likeness (QED) is 0.332. The summed E-state index contributed by atoms with van der Waals surface area (Å²) in [5.41, 5.74) is 2.45. The highest BCUT2D eigenvalue weighted by Gasteiger charge is 2.71. The summed E-state index contributed by atoms with van der Waals surface area (Å²) in [5, 5.41) is 10.7. The standard InChI is InChI=1S/C32H52O3/c1-20(2)22-11-16-32(19-33)18-17-30(7)23(27(22)32)9-10-25-29(6)14-13-26(35-21(3)34)28(4,5)24(29)12-15-31(25,30)8/h22-27,33H,1,9-19H2,2-8H3/t22-,23-,24+,25-,26+,27-,29+,30-,31-,32-/m1/s1. The van der Waals surface area contributed by atoms with Crippen molar-refractivity contribution in [3.8, 4) is 0 Å². The zero-order valence-electron chi connectivity index (χ0n) is 23.7. The maximum Gasteiger partial charge on any atom is 0.302 e. The molecule has 10 atom stereocenters. The molecule has 5 saturated carbocycles. The van der Waals surface area contributed by atoms with Crippen LogP contribution in [0.2, 0.25) is 0 Å². The van der Waals surface area contributed by atoms with E-state index in [2.05, 4.69) is 48.1 Å². The van der Waals surface area contributed by atoms with E-state index in [0.717, 1.165) is 12.3 Å². The molecule has 0 amide bonds. The normalized spacial score (nSPS) is 52.5. The molecule has 0 aromatic carbocycles. The van der Waals surface area contributed by atoms with Crippen molar-refractivity contribution < 1.29 is 14.6 Å². The maximum absolute atomic E-state index is 11.9. The maximum atomic E-state index is 11.9. The lowest BCUT2D eigenvalue weighted by Crippen LogP contribution is -2.67. The van der Waals surface area contributed by atoms with Gasteiger partial charge in [0.15, 0.2) is 0 Å². The first kappa shape index (κ1) is 25.8. The van der Waals surface area contributed by atoms with Crippen molar-refractivity contribution in [3.63, 3.8) is 0 Å². The third-order valence-corrected chi connectivity index (χ3v) is 13.8. The fraction of sp³-hybridized carbons (Fsp3) is 0.906. The Morgan fingerprint density at radius 2 is 1.57 bits per heavy atom. The van der Waals surface area contributed by atoms with Crippen molar-refractivity contribution in [2.45, 2.75) is 119 Å². The summed E-state index contributed by atoms with van der Waals surface area (Å²) in [6.45, 7) is 21.3. The van der Waals surface area contributed by atoms with E-state index in [-0.39, 0.29) is 22.9 Å². The number of rotatable bonds is 3. The summed E-state index contributed by atoms with van der Waals surface area (Å²) in [6, 6.07) is 0. The van der Waals surface area contributed by atoms with E-state index in [1.165, 1.54) is 63.4 Å². The minimum Gasteiger partial charge on any atom is -0.462 e. The molecule has 0 aromatic heterocycles.